The van der Waals surface area contributed by atoms with E-state index in [2.05, 4.69) is 13.8 Å². The Morgan fingerprint density at radius 1 is 1.24 bits per heavy atom. The zero-order chi connectivity index (χ0) is 15.8. The molecule has 1 unspecified atom stereocenters. The van der Waals surface area contributed by atoms with Gasteiger partial charge < -0.3 is 14.2 Å². The van der Waals surface area contributed by atoms with Crippen LogP contribution in [0.15, 0.2) is 23.2 Å². The van der Waals surface area contributed by atoms with E-state index in [1.807, 2.05) is 6.92 Å². The Labute approximate surface area is 124 Å². The number of allylic oxidation sites excluding steroid dienone is 1. The van der Waals surface area contributed by atoms with Gasteiger partial charge in [-0.2, -0.15) is 0 Å². The molecular weight excluding hydrogens is 272 g/mol. The number of methoxy groups -OCH3 is 1. The minimum absolute atomic E-state index is 0.0309. The van der Waals surface area contributed by atoms with E-state index in [9.17, 15) is 9.59 Å². The summed E-state index contributed by atoms with van der Waals surface area (Å²) in [6.45, 7) is 7.52. The van der Waals surface area contributed by atoms with Crippen LogP contribution in [0.25, 0.3) is 0 Å². The van der Waals surface area contributed by atoms with E-state index < -0.39 is 17.5 Å². The molecule has 0 bridgehead atoms. The highest BCUT2D eigenvalue weighted by molar-refractivity contribution is 5.88. The summed E-state index contributed by atoms with van der Waals surface area (Å²) in [6, 6.07) is 0. The molecule has 21 heavy (non-hydrogen) atoms. The molecule has 0 amide bonds. The van der Waals surface area contributed by atoms with Crippen molar-refractivity contribution in [1.29, 1.82) is 0 Å². The van der Waals surface area contributed by atoms with Gasteiger partial charge in [-0.15, -0.1) is 0 Å². The van der Waals surface area contributed by atoms with Gasteiger partial charge in [-0.25, -0.2) is 4.79 Å². The molecule has 1 fully saturated rings. The van der Waals surface area contributed by atoms with E-state index in [0.717, 1.165) is 24.8 Å². The van der Waals surface area contributed by atoms with E-state index in [-0.39, 0.29) is 16.9 Å². The van der Waals surface area contributed by atoms with Gasteiger partial charge in [0.15, 0.2) is 5.76 Å². The Balaban J connectivity index is 2.54. The third-order valence-corrected chi connectivity index (χ3v) is 4.21. The highest BCUT2D eigenvalue weighted by atomic mass is 16.6. The van der Waals surface area contributed by atoms with Crippen molar-refractivity contribution in [2.75, 3.05) is 7.11 Å². The van der Waals surface area contributed by atoms with Gasteiger partial charge in [0, 0.05) is 6.92 Å². The number of ether oxygens (including phenoxy) is 3. The van der Waals surface area contributed by atoms with Gasteiger partial charge in [0.25, 0.3) is 0 Å². The van der Waals surface area contributed by atoms with Crippen LogP contribution >= 0.6 is 0 Å². The Bertz CT molecular complexity index is 541. The maximum Gasteiger partial charge on any atom is 0.377 e. The number of carbonyl (C=O) groups is 2. The van der Waals surface area contributed by atoms with Crippen molar-refractivity contribution in [3.63, 3.8) is 0 Å². The van der Waals surface area contributed by atoms with Crippen LogP contribution in [0.4, 0.5) is 0 Å². The maximum atomic E-state index is 11.9. The lowest BCUT2D eigenvalue weighted by atomic mass is 9.65. The SMILES string of the molecule is COC(=O)C1=C(OC(C)=O)C=C2C(C)(C)CCCC2(C)O1. The van der Waals surface area contributed by atoms with Gasteiger partial charge in [-0.05, 0) is 43.3 Å². The van der Waals surface area contributed by atoms with Crippen molar-refractivity contribution in [3.8, 4) is 0 Å². The standard InChI is InChI=1S/C16H22O5/c1-10(17)20-11-9-12-15(2,3)7-6-8-16(12,4)21-13(11)14(18)19-5/h9H,6-8H2,1-5H3. The Morgan fingerprint density at radius 2 is 1.90 bits per heavy atom. The molecule has 0 aromatic rings. The summed E-state index contributed by atoms with van der Waals surface area (Å²) >= 11 is 0. The molecule has 116 valence electrons. The Kier molecular flexibility index (Phi) is 3.87. The summed E-state index contributed by atoms with van der Waals surface area (Å²) in [5.41, 5.74) is 0.416. The van der Waals surface area contributed by atoms with Crippen molar-refractivity contribution in [2.24, 2.45) is 5.41 Å². The third kappa shape index (κ3) is 2.82. The molecule has 1 aliphatic carbocycles. The molecule has 0 N–H and O–H groups in total. The highest BCUT2D eigenvalue weighted by Crippen LogP contribution is 2.51. The van der Waals surface area contributed by atoms with Crippen molar-refractivity contribution < 1.29 is 23.8 Å². The topological polar surface area (TPSA) is 61.8 Å². The van der Waals surface area contributed by atoms with Crippen molar-refractivity contribution >= 4 is 11.9 Å². The second-order valence-corrected chi connectivity index (χ2v) is 6.41. The summed E-state index contributed by atoms with van der Waals surface area (Å²) in [5.74, 6) is -1.02. The predicted octanol–water partition coefficient (Wildman–Crippen LogP) is 2.86. The number of rotatable bonds is 2. The number of hydrogen-bond acceptors (Lipinski definition) is 5. The largest absolute Gasteiger partial charge is 0.473 e. The average molecular weight is 294 g/mol. The van der Waals surface area contributed by atoms with Gasteiger partial charge in [-0.3, -0.25) is 4.79 Å². The van der Waals surface area contributed by atoms with E-state index in [1.54, 1.807) is 6.08 Å². The Morgan fingerprint density at radius 3 is 2.48 bits per heavy atom. The maximum absolute atomic E-state index is 11.9. The summed E-state index contributed by atoms with van der Waals surface area (Å²) in [5, 5.41) is 0. The minimum Gasteiger partial charge on any atom is -0.473 e. The first kappa shape index (κ1) is 15.6. The van der Waals surface area contributed by atoms with Crippen LogP contribution in [-0.4, -0.2) is 24.6 Å². The fourth-order valence-corrected chi connectivity index (χ4v) is 3.24. The first-order valence-electron chi connectivity index (χ1n) is 7.12. The minimum atomic E-state index is -0.633. The zero-order valence-electron chi connectivity index (χ0n) is 13.2. The summed E-state index contributed by atoms with van der Waals surface area (Å²) in [6.07, 6.45) is 4.63. The molecule has 1 atom stereocenters. The first-order chi connectivity index (χ1) is 9.69. The number of fused-ring (bicyclic) bond motifs is 1. The van der Waals surface area contributed by atoms with E-state index >= 15 is 0 Å². The summed E-state index contributed by atoms with van der Waals surface area (Å²) in [7, 11) is 1.27. The van der Waals surface area contributed by atoms with Gasteiger partial charge in [0.1, 0.15) is 5.60 Å². The van der Waals surface area contributed by atoms with Crippen molar-refractivity contribution in [3.05, 3.63) is 23.2 Å². The fraction of sp³-hybridized carbons (Fsp3) is 0.625. The molecule has 0 spiro atoms. The van der Waals surface area contributed by atoms with E-state index in [4.69, 9.17) is 14.2 Å². The Hall–Kier alpha value is -1.78. The monoisotopic (exact) mass is 294 g/mol. The lowest BCUT2D eigenvalue weighted by Crippen LogP contribution is -2.44. The molecule has 1 aliphatic heterocycles. The van der Waals surface area contributed by atoms with Crippen molar-refractivity contribution in [2.45, 2.75) is 52.6 Å². The molecular formula is C16H22O5. The number of hydrogen-bond donors (Lipinski definition) is 0. The molecule has 0 radical (unpaired) electrons. The van der Waals surface area contributed by atoms with Crippen LogP contribution in [0, 0.1) is 5.41 Å². The van der Waals surface area contributed by atoms with E-state index in [1.165, 1.54) is 14.0 Å². The quantitative estimate of drug-likeness (QED) is 0.733. The highest BCUT2D eigenvalue weighted by Gasteiger charge is 2.47. The lowest BCUT2D eigenvalue weighted by molar-refractivity contribution is -0.146. The molecule has 1 saturated carbocycles. The molecule has 0 saturated heterocycles. The molecule has 1 heterocycles. The molecule has 5 heteroatoms. The lowest BCUT2D eigenvalue weighted by Gasteiger charge is -2.47. The molecule has 0 aromatic heterocycles. The van der Waals surface area contributed by atoms with Crippen LogP contribution in [0.2, 0.25) is 0 Å². The third-order valence-electron chi connectivity index (χ3n) is 4.21. The van der Waals surface area contributed by atoms with E-state index in [0.29, 0.717) is 0 Å². The normalized spacial score (nSPS) is 27.2. The zero-order valence-corrected chi connectivity index (χ0v) is 13.2. The average Bonchev–Trinajstić information content (AvgIpc) is 2.37. The van der Waals surface area contributed by atoms with Gasteiger partial charge in [-0.1, -0.05) is 13.8 Å². The second-order valence-electron chi connectivity index (χ2n) is 6.41. The smallest absolute Gasteiger partial charge is 0.377 e. The summed E-state index contributed by atoms with van der Waals surface area (Å²) < 4.78 is 15.8. The first-order valence-corrected chi connectivity index (χ1v) is 7.12. The molecule has 0 aromatic carbocycles. The van der Waals surface area contributed by atoms with Gasteiger partial charge >= 0.3 is 11.9 Å². The molecule has 2 rings (SSSR count). The van der Waals surface area contributed by atoms with Crippen LogP contribution < -0.4 is 0 Å². The van der Waals surface area contributed by atoms with Crippen molar-refractivity contribution in [1.82, 2.24) is 0 Å². The molecule has 5 nitrogen and oxygen atoms in total. The van der Waals surface area contributed by atoms with Gasteiger partial charge in [0.2, 0.25) is 5.76 Å². The van der Waals surface area contributed by atoms with Crippen LogP contribution in [0.5, 0.6) is 0 Å². The molecule has 2 aliphatic rings. The number of carbonyl (C=O) groups excluding carboxylic acids is 2. The summed E-state index contributed by atoms with van der Waals surface area (Å²) in [4.78, 5) is 23.2. The van der Waals surface area contributed by atoms with Crippen LogP contribution in [0.1, 0.15) is 47.0 Å². The fourth-order valence-electron chi connectivity index (χ4n) is 3.24. The number of esters is 2. The van der Waals surface area contributed by atoms with Crippen LogP contribution in [0.3, 0.4) is 0 Å². The second kappa shape index (κ2) is 5.20. The van der Waals surface area contributed by atoms with Gasteiger partial charge in [0.05, 0.1) is 7.11 Å². The van der Waals surface area contributed by atoms with Crippen LogP contribution in [-0.2, 0) is 23.8 Å². The predicted molar refractivity (Wildman–Crippen MR) is 76.0 cm³/mol.